The second-order valence-corrected chi connectivity index (χ2v) is 11.0. The lowest BCUT2D eigenvalue weighted by atomic mass is 9.64. The van der Waals surface area contributed by atoms with Crippen LogP contribution in [-0.2, 0) is 15.0 Å². The highest BCUT2D eigenvalue weighted by Crippen LogP contribution is 2.55. The summed E-state index contributed by atoms with van der Waals surface area (Å²) in [6, 6.07) is 4.87. The van der Waals surface area contributed by atoms with E-state index in [1.54, 1.807) is 55.5 Å². The van der Waals surface area contributed by atoms with Crippen molar-refractivity contribution in [2.45, 2.75) is 31.1 Å². The van der Waals surface area contributed by atoms with Gasteiger partial charge in [-0.3, -0.25) is 14.6 Å². The molecule has 1 aromatic carbocycles. The van der Waals surface area contributed by atoms with Crippen LogP contribution in [0.5, 0.6) is 5.88 Å². The molecule has 2 amide bonds. The molecule has 206 valence electrons. The van der Waals surface area contributed by atoms with Crippen LogP contribution in [0.1, 0.15) is 31.2 Å². The number of pyridine rings is 2. The second kappa shape index (κ2) is 10.5. The molecule has 1 N–H and O–H groups in total. The van der Waals surface area contributed by atoms with Crippen LogP contribution in [0.2, 0.25) is 0 Å². The smallest absolute Gasteiger partial charge is 0.238 e. The van der Waals surface area contributed by atoms with Crippen LogP contribution >= 0.6 is 0 Å². The van der Waals surface area contributed by atoms with Gasteiger partial charge >= 0.3 is 0 Å². The number of fused-ring (bicyclic) bond motifs is 4. The number of aromatic nitrogens is 2. The van der Waals surface area contributed by atoms with Crippen LogP contribution in [0.15, 0.2) is 30.6 Å². The molecule has 2 aromatic heterocycles. The van der Waals surface area contributed by atoms with Crippen LogP contribution < -0.4 is 15.0 Å². The van der Waals surface area contributed by atoms with Crippen LogP contribution in [0.4, 0.5) is 15.8 Å². The van der Waals surface area contributed by atoms with E-state index in [-0.39, 0.29) is 24.2 Å². The van der Waals surface area contributed by atoms with Crippen LogP contribution in [-0.4, -0.2) is 86.5 Å². The summed E-state index contributed by atoms with van der Waals surface area (Å²) in [5.41, 5.74) is 2.86. The van der Waals surface area contributed by atoms with E-state index in [1.807, 2.05) is 14.1 Å². The molecule has 1 spiro atoms. The minimum absolute atomic E-state index is 0.0762. The molecule has 2 aliphatic rings. The summed E-state index contributed by atoms with van der Waals surface area (Å²) in [6.45, 7) is 1.45. The standard InChI is InChI=1S/C29H35FN6O3/c1-34(2)10-7-11-39-27-23(33-25(37)17-35(3)4)12-18(15-32-27)19-13-20-22(14-21(19)30)31-16-24-26(20)29(8-6-9-29)28(38)36(24)5/h12-16H,6-11,17H2,1-5H3,(H,33,37). The molecule has 1 aliphatic carbocycles. The number of anilines is 2. The highest BCUT2D eigenvalue weighted by atomic mass is 19.1. The van der Waals surface area contributed by atoms with Gasteiger partial charge in [-0.1, -0.05) is 6.42 Å². The first-order valence-corrected chi connectivity index (χ1v) is 13.2. The topological polar surface area (TPSA) is 90.9 Å². The summed E-state index contributed by atoms with van der Waals surface area (Å²) in [4.78, 5) is 40.3. The van der Waals surface area contributed by atoms with Gasteiger partial charge in [0.25, 0.3) is 0 Å². The lowest BCUT2D eigenvalue weighted by Crippen LogP contribution is -2.43. The molecule has 3 aromatic rings. The van der Waals surface area contributed by atoms with Crippen molar-refractivity contribution in [3.8, 4) is 17.0 Å². The van der Waals surface area contributed by atoms with Gasteiger partial charge < -0.3 is 24.8 Å². The van der Waals surface area contributed by atoms with Crippen molar-refractivity contribution in [2.24, 2.45) is 0 Å². The summed E-state index contributed by atoms with van der Waals surface area (Å²) < 4.78 is 21.4. The number of likely N-dealkylation sites (N-methyl/N-ethyl adjacent to an activating group) is 2. The zero-order valence-electron chi connectivity index (χ0n) is 23.2. The number of hydrogen-bond donors (Lipinski definition) is 1. The SMILES string of the molecule is CN(C)CCCOc1ncc(-c2cc3c4c(cnc3cc2F)N(C)C(=O)C42CCC2)cc1NC(=O)CN(C)C. The average molecular weight is 535 g/mol. The fourth-order valence-corrected chi connectivity index (χ4v) is 5.54. The Kier molecular flexibility index (Phi) is 7.26. The maximum absolute atomic E-state index is 15.5. The monoisotopic (exact) mass is 534 g/mol. The molecule has 39 heavy (non-hydrogen) atoms. The quantitative estimate of drug-likeness (QED) is 0.419. The third-order valence-corrected chi connectivity index (χ3v) is 7.58. The van der Waals surface area contributed by atoms with Gasteiger partial charge in [-0.2, -0.15) is 0 Å². The highest BCUT2D eigenvalue weighted by molar-refractivity contribution is 6.13. The zero-order valence-corrected chi connectivity index (χ0v) is 23.2. The number of amides is 2. The van der Waals surface area contributed by atoms with Gasteiger partial charge in [0.2, 0.25) is 17.7 Å². The predicted molar refractivity (Wildman–Crippen MR) is 150 cm³/mol. The molecule has 0 radical (unpaired) electrons. The molecule has 5 rings (SSSR count). The number of carbonyl (C=O) groups is 2. The Morgan fingerprint density at radius 1 is 1.13 bits per heavy atom. The van der Waals surface area contributed by atoms with Gasteiger partial charge in [-0.05, 0) is 59.6 Å². The van der Waals surface area contributed by atoms with Gasteiger partial charge in [0, 0.05) is 47.9 Å². The molecule has 3 heterocycles. The molecule has 1 aliphatic heterocycles. The Bertz CT molecular complexity index is 1440. The summed E-state index contributed by atoms with van der Waals surface area (Å²) >= 11 is 0. The first kappa shape index (κ1) is 27.0. The van der Waals surface area contributed by atoms with E-state index in [1.165, 1.54) is 6.07 Å². The molecule has 10 heteroatoms. The van der Waals surface area contributed by atoms with Crippen molar-refractivity contribution in [3.63, 3.8) is 0 Å². The Morgan fingerprint density at radius 2 is 1.90 bits per heavy atom. The average Bonchev–Trinajstić information content (AvgIpc) is 3.08. The van der Waals surface area contributed by atoms with E-state index in [4.69, 9.17) is 4.74 Å². The second-order valence-electron chi connectivity index (χ2n) is 11.0. The zero-order chi connectivity index (χ0) is 27.9. The number of ether oxygens (including phenoxy) is 1. The van der Waals surface area contributed by atoms with E-state index in [2.05, 4.69) is 20.2 Å². The number of rotatable bonds is 9. The van der Waals surface area contributed by atoms with Crippen molar-refractivity contribution < 1.29 is 18.7 Å². The van der Waals surface area contributed by atoms with E-state index in [0.717, 1.165) is 48.9 Å². The van der Waals surface area contributed by atoms with Crippen LogP contribution in [0.25, 0.3) is 22.0 Å². The maximum atomic E-state index is 15.5. The molecule has 1 fully saturated rings. The van der Waals surface area contributed by atoms with Gasteiger partial charge in [0.05, 0.1) is 36.0 Å². The molecular weight excluding hydrogens is 499 g/mol. The molecular formula is C29H35FN6O3. The number of carbonyl (C=O) groups excluding carboxylic acids is 2. The number of hydrogen-bond acceptors (Lipinski definition) is 7. The van der Waals surface area contributed by atoms with Crippen LogP contribution in [0, 0.1) is 5.82 Å². The van der Waals surface area contributed by atoms with Crippen molar-refractivity contribution >= 4 is 34.1 Å². The molecule has 9 nitrogen and oxygen atoms in total. The molecule has 0 atom stereocenters. The first-order valence-electron chi connectivity index (χ1n) is 13.2. The fourth-order valence-electron chi connectivity index (χ4n) is 5.54. The van der Waals surface area contributed by atoms with E-state index >= 15 is 4.39 Å². The van der Waals surface area contributed by atoms with Crippen molar-refractivity contribution in [3.05, 3.63) is 42.0 Å². The fraction of sp³-hybridized carbons (Fsp3) is 0.448. The number of nitrogens with zero attached hydrogens (tertiary/aromatic N) is 5. The predicted octanol–water partition coefficient (Wildman–Crippen LogP) is 3.66. The Hall–Kier alpha value is -3.63. The van der Waals surface area contributed by atoms with Crippen molar-refractivity contribution in [1.29, 1.82) is 0 Å². The first-order chi connectivity index (χ1) is 18.6. The number of nitrogens with one attached hydrogen (secondary N) is 1. The highest BCUT2D eigenvalue weighted by Gasteiger charge is 2.54. The third-order valence-electron chi connectivity index (χ3n) is 7.58. The Labute approximate surface area is 228 Å². The lowest BCUT2D eigenvalue weighted by Gasteiger charge is -2.37. The summed E-state index contributed by atoms with van der Waals surface area (Å²) in [5, 5.41) is 3.65. The lowest BCUT2D eigenvalue weighted by molar-refractivity contribution is -0.125. The van der Waals surface area contributed by atoms with Crippen molar-refractivity contribution in [2.75, 3.05) is 65.2 Å². The van der Waals surface area contributed by atoms with E-state index < -0.39 is 11.2 Å². The van der Waals surface area contributed by atoms with Crippen LogP contribution in [0.3, 0.4) is 0 Å². The number of benzene rings is 1. The summed E-state index contributed by atoms with van der Waals surface area (Å²) in [6.07, 6.45) is 6.54. The minimum atomic E-state index is -0.561. The normalized spacial score (nSPS) is 15.8. The Morgan fingerprint density at radius 3 is 2.56 bits per heavy atom. The van der Waals surface area contributed by atoms with Gasteiger partial charge in [0.1, 0.15) is 11.5 Å². The summed E-state index contributed by atoms with van der Waals surface area (Å²) in [5.74, 6) is -0.324. The van der Waals surface area contributed by atoms with E-state index in [0.29, 0.717) is 28.9 Å². The van der Waals surface area contributed by atoms with Gasteiger partial charge in [-0.25, -0.2) is 9.37 Å². The molecule has 0 saturated heterocycles. The van der Waals surface area contributed by atoms with Gasteiger partial charge in [0.15, 0.2) is 0 Å². The van der Waals surface area contributed by atoms with Crippen molar-refractivity contribution in [1.82, 2.24) is 19.8 Å². The molecule has 0 unspecified atom stereocenters. The molecule has 1 saturated carbocycles. The number of halogens is 1. The van der Waals surface area contributed by atoms with E-state index in [9.17, 15) is 9.59 Å². The van der Waals surface area contributed by atoms with Gasteiger partial charge in [-0.15, -0.1) is 0 Å². The Balaban J connectivity index is 1.56. The molecule has 0 bridgehead atoms. The largest absolute Gasteiger partial charge is 0.476 e. The third kappa shape index (κ3) is 4.94. The summed E-state index contributed by atoms with van der Waals surface area (Å²) in [7, 11) is 9.37. The maximum Gasteiger partial charge on any atom is 0.238 e. The minimum Gasteiger partial charge on any atom is -0.476 e.